The summed E-state index contributed by atoms with van der Waals surface area (Å²) in [7, 11) is 4.85. The van der Waals surface area contributed by atoms with Crippen LogP contribution in [0.3, 0.4) is 0 Å². The molecule has 1 atom stereocenters. The molecule has 1 fully saturated rings. The van der Waals surface area contributed by atoms with Crippen LogP contribution in [0.25, 0.3) is 0 Å². The van der Waals surface area contributed by atoms with Gasteiger partial charge in [0.1, 0.15) is 0 Å². The second kappa shape index (κ2) is 11.3. The van der Waals surface area contributed by atoms with Gasteiger partial charge in [-0.15, -0.1) is 5.10 Å². The first-order valence-electron chi connectivity index (χ1n) is 12.8. The molecule has 5 rings (SSSR count). The minimum atomic E-state index is -0.799. The molecule has 204 valence electrons. The number of rotatable bonds is 6. The predicted molar refractivity (Wildman–Crippen MR) is 145 cm³/mol. The van der Waals surface area contributed by atoms with Crippen LogP contribution in [0.2, 0.25) is 0 Å². The Morgan fingerprint density at radius 3 is 2.26 bits per heavy atom. The number of amides is 2. The molecular formula is C28H32N6O5. The zero-order chi connectivity index (χ0) is 27.5. The van der Waals surface area contributed by atoms with Gasteiger partial charge in [-0.05, 0) is 36.9 Å². The first-order valence-corrected chi connectivity index (χ1v) is 12.8. The highest BCUT2D eigenvalue weighted by Gasteiger charge is 2.36. The third-order valence-electron chi connectivity index (χ3n) is 7.23. The summed E-state index contributed by atoms with van der Waals surface area (Å²) < 4.78 is 11.5. The highest BCUT2D eigenvalue weighted by Crippen LogP contribution is 2.32. The van der Waals surface area contributed by atoms with Gasteiger partial charge in [0.25, 0.3) is 11.8 Å². The van der Waals surface area contributed by atoms with Gasteiger partial charge in [0.05, 0.1) is 25.9 Å². The Labute approximate surface area is 226 Å². The van der Waals surface area contributed by atoms with E-state index in [0.717, 1.165) is 42.1 Å². The largest absolute Gasteiger partial charge is 0.451 e. The van der Waals surface area contributed by atoms with Crippen LogP contribution in [0.15, 0.2) is 54.6 Å². The number of hydrogen-bond donors (Lipinski definition) is 1. The molecule has 1 N–H and O–H groups in total. The standard InChI is InChI=1S/C28H32N6O5/c1-31-13-15-32(16-14-31)21-11-9-20(10-12-21)26(35)29-25-22-17-33(18-23(22)34(30-25)28(37)39-3)27(36)24(38-2)19-7-5-4-6-8-19/h4-12,24H,13-18H2,1-3H3,(H,29,30,35)/t24-/m1/s1. The predicted octanol–water partition coefficient (Wildman–Crippen LogP) is 2.73. The third kappa shape index (κ3) is 5.36. The molecule has 1 aromatic heterocycles. The molecule has 0 aliphatic carbocycles. The molecule has 39 heavy (non-hydrogen) atoms. The van der Waals surface area contributed by atoms with E-state index in [1.165, 1.54) is 14.2 Å². The molecule has 0 saturated carbocycles. The SMILES string of the molecule is COC(=O)n1nc(NC(=O)c2ccc(N3CCN(C)CC3)cc2)c2c1CN(C(=O)[C@H](OC)c1ccccc1)C2. The van der Waals surface area contributed by atoms with E-state index in [-0.39, 0.29) is 30.7 Å². The number of nitrogens with zero attached hydrogens (tertiary/aromatic N) is 5. The molecule has 3 heterocycles. The van der Waals surface area contributed by atoms with Crippen molar-refractivity contribution in [2.24, 2.45) is 0 Å². The number of ether oxygens (including phenoxy) is 2. The van der Waals surface area contributed by atoms with Crippen LogP contribution in [0, 0.1) is 0 Å². The van der Waals surface area contributed by atoms with Crippen molar-refractivity contribution >= 4 is 29.4 Å². The highest BCUT2D eigenvalue weighted by molar-refractivity contribution is 6.04. The number of anilines is 2. The monoisotopic (exact) mass is 532 g/mol. The maximum Gasteiger partial charge on any atom is 0.434 e. The lowest BCUT2D eigenvalue weighted by molar-refractivity contribution is -0.143. The van der Waals surface area contributed by atoms with E-state index < -0.39 is 12.2 Å². The van der Waals surface area contributed by atoms with Gasteiger partial charge in [0, 0.05) is 50.1 Å². The lowest BCUT2D eigenvalue weighted by atomic mass is 10.1. The van der Waals surface area contributed by atoms with Crippen LogP contribution in [0.5, 0.6) is 0 Å². The van der Waals surface area contributed by atoms with Crippen molar-refractivity contribution in [3.05, 3.63) is 77.0 Å². The number of carbonyl (C=O) groups excluding carboxylic acids is 3. The molecule has 0 bridgehead atoms. The number of carbonyl (C=O) groups is 3. The van der Waals surface area contributed by atoms with Crippen molar-refractivity contribution in [3.8, 4) is 0 Å². The van der Waals surface area contributed by atoms with Crippen LogP contribution in [-0.2, 0) is 27.4 Å². The average Bonchev–Trinajstić information content (AvgIpc) is 3.54. The molecule has 3 aromatic rings. The molecule has 2 aliphatic heterocycles. The van der Waals surface area contributed by atoms with Gasteiger partial charge in [0.2, 0.25) is 0 Å². The van der Waals surface area contributed by atoms with Gasteiger partial charge in [0.15, 0.2) is 11.9 Å². The molecule has 0 unspecified atom stereocenters. The molecule has 2 aromatic carbocycles. The van der Waals surface area contributed by atoms with E-state index in [2.05, 4.69) is 27.3 Å². The summed E-state index contributed by atoms with van der Waals surface area (Å²) >= 11 is 0. The van der Waals surface area contributed by atoms with E-state index in [0.29, 0.717) is 16.8 Å². The quantitative estimate of drug-likeness (QED) is 0.516. The Balaban J connectivity index is 1.34. The first-order chi connectivity index (χ1) is 18.9. The van der Waals surface area contributed by atoms with E-state index in [9.17, 15) is 14.4 Å². The van der Waals surface area contributed by atoms with E-state index in [1.807, 2.05) is 42.5 Å². The fraction of sp³-hybridized carbons (Fsp3) is 0.357. The van der Waals surface area contributed by atoms with Crippen LogP contribution in [0.1, 0.15) is 33.3 Å². The number of methoxy groups -OCH3 is 2. The summed E-state index contributed by atoms with van der Waals surface area (Å²) in [6, 6.07) is 16.6. The van der Waals surface area contributed by atoms with Crippen molar-refractivity contribution in [1.82, 2.24) is 19.6 Å². The number of likely N-dealkylation sites (N-methyl/N-ethyl adjacent to an activating group) is 1. The molecule has 11 heteroatoms. The van der Waals surface area contributed by atoms with Crippen molar-refractivity contribution in [3.63, 3.8) is 0 Å². The fourth-order valence-corrected chi connectivity index (χ4v) is 4.98. The Morgan fingerprint density at radius 2 is 1.62 bits per heavy atom. The number of hydrogen-bond acceptors (Lipinski definition) is 8. The maximum atomic E-state index is 13.4. The summed E-state index contributed by atoms with van der Waals surface area (Å²) in [5.41, 5.74) is 3.32. The zero-order valence-electron chi connectivity index (χ0n) is 22.3. The van der Waals surface area contributed by atoms with Crippen LogP contribution in [-0.4, -0.2) is 84.9 Å². The number of piperazine rings is 1. The van der Waals surface area contributed by atoms with Gasteiger partial charge in [-0.25, -0.2) is 4.79 Å². The Hall–Kier alpha value is -4.22. The third-order valence-corrected chi connectivity index (χ3v) is 7.23. The number of aromatic nitrogens is 2. The lowest BCUT2D eigenvalue weighted by Gasteiger charge is -2.34. The van der Waals surface area contributed by atoms with Gasteiger partial charge in [-0.2, -0.15) is 4.68 Å². The molecule has 2 amide bonds. The summed E-state index contributed by atoms with van der Waals surface area (Å²) in [6.45, 7) is 4.14. The van der Waals surface area contributed by atoms with Crippen LogP contribution in [0.4, 0.5) is 16.3 Å². The van der Waals surface area contributed by atoms with Gasteiger partial charge >= 0.3 is 6.09 Å². The highest BCUT2D eigenvalue weighted by atomic mass is 16.5. The number of nitrogens with one attached hydrogen (secondary N) is 1. The topological polar surface area (TPSA) is 109 Å². The van der Waals surface area contributed by atoms with Gasteiger partial charge in [-0.3, -0.25) is 9.59 Å². The molecular weight excluding hydrogens is 500 g/mol. The van der Waals surface area contributed by atoms with Gasteiger partial charge < -0.3 is 29.5 Å². The number of fused-ring (bicyclic) bond motifs is 1. The van der Waals surface area contributed by atoms with Crippen LogP contribution >= 0.6 is 0 Å². The normalized spacial score (nSPS) is 16.1. The van der Waals surface area contributed by atoms with Crippen molar-refractivity contribution < 1.29 is 23.9 Å². The zero-order valence-corrected chi connectivity index (χ0v) is 22.3. The van der Waals surface area contributed by atoms with E-state index in [4.69, 9.17) is 9.47 Å². The summed E-state index contributed by atoms with van der Waals surface area (Å²) in [5.74, 6) is -0.401. The van der Waals surface area contributed by atoms with E-state index >= 15 is 0 Å². The molecule has 0 radical (unpaired) electrons. The first kappa shape index (κ1) is 26.4. The summed E-state index contributed by atoms with van der Waals surface area (Å²) in [5, 5.41) is 7.14. The lowest BCUT2D eigenvalue weighted by Crippen LogP contribution is -2.44. The van der Waals surface area contributed by atoms with Crippen molar-refractivity contribution in [2.45, 2.75) is 19.2 Å². The smallest absolute Gasteiger partial charge is 0.434 e. The fourth-order valence-electron chi connectivity index (χ4n) is 4.98. The molecule has 0 spiro atoms. The Bertz CT molecular complexity index is 1350. The number of benzene rings is 2. The van der Waals surface area contributed by atoms with Crippen LogP contribution < -0.4 is 10.2 Å². The Morgan fingerprint density at radius 1 is 0.923 bits per heavy atom. The molecule has 2 aliphatic rings. The van der Waals surface area contributed by atoms with Crippen molar-refractivity contribution in [2.75, 3.05) is 57.7 Å². The summed E-state index contributed by atoms with van der Waals surface area (Å²) in [6.07, 6.45) is -1.50. The minimum Gasteiger partial charge on any atom is -0.451 e. The molecule has 11 nitrogen and oxygen atoms in total. The second-order valence-corrected chi connectivity index (χ2v) is 9.67. The average molecular weight is 533 g/mol. The second-order valence-electron chi connectivity index (χ2n) is 9.67. The minimum absolute atomic E-state index is 0.124. The Kier molecular flexibility index (Phi) is 7.62. The van der Waals surface area contributed by atoms with E-state index in [1.54, 1.807) is 17.0 Å². The van der Waals surface area contributed by atoms with Crippen molar-refractivity contribution in [1.29, 1.82) is 0 Å². The summed E-state index contributed by atoms with van der Waals surface area (Å²) in [4.78, 5) is 45.2. The molecule has 1 saturated heterocycles. The maximum absolute atomic E-state index is 13.4. The van der Waals surface area contributed by atoms with Gasteiger partial charge in [-0.1, -0.05) is 30.3 Å².